The molecule has 0 atom stereocenters. The minimum atomic E-state index is 0.0742. The van der Waals surface area contributed by atoms with E-state index in [1.165, 1.54) is 12.8 Å². The lowest BCUT2D eigenvalue weighted by atomic mass is 10.1. The fraction of sp³-hybridized carbons (Fsp3) is 0.500. The highest BCUT2D eigenvalue weighted by Gasteiger charge is 2.19. The average molecular weight is 250 g/mol. The van der Waals surface area contributed by atoms with Crippen molar-refractivity contribution in [1.29, 1.82) is 5.41 Å². The molecule has 1 aliphatic rings. The Hall–Kier alpha value is -1.23. The smallest absolute Gasteiger partial charge is 0.128 e. The highest BCUT2D eigenvalue weighted by atomic mass is 32.2. The van der Waals surface area contributed by atoms with Gasteiger partial charge in [0.25, 0.3) is 0 Å². The van der Waals surface area contributed by atoms with E-state index in [4.69, 9.17) is 11.1 Å². The fourth-order valence-electron chi connectivity index (χ4n) is 2.05. The zero-order valence-electron chi connectivity index (χ0n) is 10.0. The molecule has 0 radical (unpaired) electrons. The Labute approximate surface area is 106 Å². The Morgan fingerprint density at radius 2 is 2.18 bits per heavy atom. The molecule has 0 unspecified atom stereocenters. The molecule has 0 aliphatic carbocycles. The van der Waals surface area contributed by atoms with Gasteiger partial charge in [-0.3, -0.25) is 5.41 Å². The third kappa shape index (κ3) is 2.91. The minimum absolute atomic E-state index is 0.0742. The van der Waals surface area contributed by atoms with Crippen LogP contribution in [0.2, 0.25) is 0 Å². The topological polar surface area (TPSA) is 66.0 Å². The van der Waals surface area contributed by atoms with Crippen molar-refractivity contribution in [2.75, 3.05) is 24.2 Å². The Balaban J connectivity index is 2.01. The van der Waals surface area contributed by atoms with E-state index in [2.05, 4.69) is 16.1 Å². The maximum Gasteiger partial charge on any atom is 0.128 e. The Morgan fingerprint density at radius 3 is 2.65 bits per heavy atom. The molecule has 0 amide bonds. The van der Waals surface area contributed by atoms with Gasteiger partial charge in [-0.05, 0) is 31.2 Å². The SMILES string of the molecule is CSC1CCN(c2ccc(C(=N)N)cn2)CC1. The second kappa shape index (κ2) is 5.40. The van der Waals surface area contributed by atoms with E-state index in [1.807, 2.05) is 23.9 Å². The molecule has 1 aliphatic heterocycles. The first-order chi connectivity index (χ1) is 8.20. The van der Waals surface area contributed by atoms with Crippen LogP contribution < -0.4 is 10.6 Å². The van der Waals surface area contributed by atoms with Crippen molar-refractivity contribution in [3.63, 3.8) is 0 Å². The number of nitrogen functional groups attached to an aromatic ring is 1. The summed E-state index contributed by atoms with van der Waals surface area (Å²) in [6, 6.07) is 3.82. The van der Waals surface area contributed by atoms with Crippen LogP contribution in [0.25, 0.3) is 0 Å². The second-order valence-corrected chi connectivity index (χ2v) is 5.38. The molecule has 17 heavy (non-hydrogen) atoms. The van der Waals surface area contributed by atoms with E-state index in [-0.39, 0.29) is 5.84 Å². The number of rotatable bonds is 3. The number of hydrogen-bond acceptors (Lipinski definition) is 4. The predicted octanol–water partition coefficient (Wildman–Crippen LogP) is 1.70. The van der Waals surface area contributed by atoms with Gasteiger partial charge in [-0.1, -0.05) is 0 Å². The first-order valence-corrected chi connectivity index (χ1v) is 7.07. The number of piperidine rings is 1. The van der Waals surface area contributed by atoms with Crippen molar-refractivity contribution < 1.29 is 0 Å². The highest BCUT2D eigenvalue weighted by Crippen LogP contribution is 2.24. The third-order valence-electron chi connectivity index (χ3n) is 3.16. The summed E-state index contributed by atoms with van der Waals surface area (Å²) in [7, 11) is 0. The molecular weight excluding hydrogens is 232 g/mol. The molecule has 5 heteroatoms. The monoisotopic (exact) mass is 250 g/mol. The van der Waals surface area contributed by atoms with Gasteiger partial charge in [0.2, 0.25) is 0 Å². The number of anilines is 1. The van der Waals surface area contributed by atoms with Crippen molar-refractivity contribution >= 4 is 23.4 Å². The van der Waals surface area contributed by atoms with Crippen molar-refractivity contribution in [3.05, 3.63) is 23.9 Å². The third-order valence-corrected chi connectivity index (χ3v) is 4.30. The summed E-state index contributed by atoms with van der Waals surface area (Å²) in [5.74, 6) is 1.07. The summed E-state index contributed by atoms with van der Waals surface area (Å²) in [6.45, 7) is 2.13. The van der Waals surface area contributed by atoms with Crippen LogP contribution in [0.1, 0.15) is 18.4 Å². The fourth-order valence-corrected chi connectivity index (χ4v) is 2.74. The van der Waals surface area contributed by atoms with Crippen molar-refractivity contribution in [2.24, 2.45) is 5.73 Å². The van der Waals surface area contributed by atoms with E-state index in [9.17, 15) is 0 Å². The second-order valence-electron chi connectivity index (χ2n) is 4.24. The van der Waals surface area contributed by atoms with Crippen LogP contribution in [-0.4, -0.2) is 35.4 Å². The molecule has 1 saturated heterocycles. The van der Waals surface area contributed by atoms with E-state index < -0.39 is 0 Å². The molecule has 0 aromatic carbocycles. The zero-order chi connectivity index (χ0) is 12.3. The largest absolute Gasteiger partial charge is 0.384 e. The maximum absolute atomic E-state index is 7.32. The molecule has 0 spiro atoms. The van der Waals surface area contributed by atoms with Gasteiger partial charge in [-0.15, -0.1) is 0 Å². The molecule has 3 N–H and O–H groups in total. The van der Waals surface area contributed by atoms with Gasteiger partial charge in [0.1, 0.15) is 11.7 Å². The standard InChI is InChI=1S/C12H18N4S/c1-17-10-4-6-16(7-5-10)11-3-2-9(8-15-11)12(13)14/h2-3,8,10H,4-7H2,1H3,(H3,13,14). The molecule has 0 bridgehead atoms. The van der Waals surface area contributed by atoms with Gasteiger partial charge >= 0.3 is 0 Å². The van der Waals surface area contributed by atoms with Gasteiger partial charge in [0.15, 0.2) is 0 Å². The van der Waals surface area contributed by atoms with Crippen LogP contribution in [-0.2, 0) is 0 Å². The first kappa shape index (κ1) is 12.2. The summed E-state index contributed by atoms with van der Waals surface area (Å²) < 4.78 is 0. The van der Waals surface area contributed by atoms with Crippen LogP contribution in [0.4, 0.5) is 5.82 Å². The van der Waals surface area contributed by atoms with Crippen LogP contribution in [0.5, 0.6) is 0 Å². The molecule has 2 heterocycles. The van der Waals surface area contributed by atoms with E-state index in [1.54, 1.807) is 6.20 Å². The number of nitrogens with zero attached hydrogens (tertiary/aromatic N) is 2. The lowest BCUT2D eigenvalue weighted by Gasteiger charge is -2.32. The first-order valence-electron chi connectivity index (χ1n) is 5.79. The van der Waals surface area contributed by atoms with Crippen LogP contribution in [0.15, 0.2) is 18.3 Å². The van der Waals surface area contributed by atoms with Crippen LogP contribution in [0, 0.1) is 5.41 Å². The molecule has 4 nitrogen and oxygen atoms in total. The van der Waals surface area contributed by atoms with Gasteiger partial charge in [-0.25, -0.2) is 4.98 Å². The molecule has 1 fully saturated rings. The summed E-state index contributed by atoms with van der Waals surface area (Å²) in [6.07, 6.45) is 6.30. The Bertz CT molecular complexity index is 382. The summed E-state index contributed by atoms with van der Waals surface area (Å²) >= 11 is 1.96. The number of amidine groups is 1. The van der Waals surface area contributed by atoms with Crippen molar-refractivity contribution in [3.8, 4) is 0 Å². The normalized spacial score (nSPS) is 17.1. The molecule has 0 saturated carbocycles. The highest BCUT2D eigenvalue weighted by molar-refractivity contribution is 7.99. The lowest BCUT2D eigenvalue weighted by Crippen LogP contribution is -2.35. The van der Waals surface area contributed by atoms with Crippen LogP contribution in [0.3, 0.4) is 0 Å². The molecule has 2 rings (SSSR count). The molecule has 92 valence electrons. The predicted molar refractivity (Wildman–Crippen MR) is 74.0 cm³/mol. The van der Waals surface area contributed by atoms with E-state index in [0.29, 0.717) is 5.56 Å². The number of hydrogen-bond donors (Lipinski definition) is 2. The van der Waals surface area contributed by atoms with Gasteiger partial charge < -0.3 is 10.6 Å². The van der Waals surface area contributed by atoms with Crippen molar-refractivity contribution in [2.45, 2.75) is 18.1 Å². The van der Waals surface area contributed by atoms with E-state index >= 15 is 0 Å². The molecular formula is C12H18N4S. The molecule has 1 aromatic rings. The zero-order valence-corrected chi connectivity index (χ0v) is 10.8. The number of nitrogens with one attached hydrogen (secondary N) is 1. The average Bonchev–Trinajstić information content (AvgIpc) is 2.39. The van der Waals surface area contributed by atoms with E-state index in [0.717, 1.165) is 24.2 Å². The van der Waals surface area contributed by atoms with Gasteiger partial charge in [-0.2, -0.15) is 11.8 Å². The number of aromatic nitrogens is 1. The van der Waals surface area contributed by atoms with Crippen molar-refractivity contribution in [1.82, 2.24) is 4.98 Å². The number of thioether (sulfide) groups is 1. The quantitative estimate of drug-likeness (QED) is 0.633. The summed E-state index contributed by atoms with van der Waals surface area (Å²) in [4.78, 5) is 6.67. The van der Waals surface area contributed by atoms with Gasteiger partial charge in [0.05, 0.1) is 0 Å². The van der Waals surface area contributed by atoms with Crippen LogP contribution >= 0.6 is 11.8 Å². The number of pyridine rings is 1. The summed E-state index contributed by atoms with van der Waals surface area (Å²) in [5.41, 5.74) is 6.09. The Kier molecular flexibility index (Phi) is 3.89. The maximum atomic E-state index is 7.32. The molecule has 1 aromatic heterocycles. The lowest BCUT2D eigenvalue weighted by molar-refractivity contribution is 0.587. The number of nitrogens with two attached hydrogens (primary N) is 1. The minimum Gasteiger partial charge on any atom is -0.384 e. The summed E-state index contributed by atoms with van der Waals surface area (Å²) in [5, 5.41) is 8.12. The van der Waals surface area contributed by atoms with Gasteiger partial charge in [0, 0.05) is 30.1 Å². The Morgan fingerprint density at radius 1 is 1.47 bits per heavy atom.